The molecule has 36 heavy (non-hydrogen) atoms. The van der Waals surface area contributed by atoms with Crippen molar-refractivity contribution in [2.75, 3.05) is 7.11 Å². The van der Waals surface area contributed by atoms with E-state index in [-0.39, 0.29) is 24.3 Å². The largest absolute Gasteiger partial charge is 0.500 e. The number of methoxy groups -OCH3 is 1. The van der Waals surface area contributed by atoms with Crippen LogP contribution in [0, 0.1) is 26.9 Å². The molecule has 0 amide bonds. The summed E-state index contributed by atoms with van der Waals surface area (Å²) in [6.45, 7) is 7.65. The van der Waals surface area contributed by atoms with Gasteiger partial charge in [0.2, 0.25) is 0 Å². The van der Waals surface area contributed by atoms with Gasteiger partial charge in [0.25, 0.3) is 5.69 Å². The fourth-order valence-electron chi connectivity index (χ4n) is 7.24. The second-order valence-corrected chi connectivity index (χ2v) is 9.82. The lowest BCUT2D eigenvalue weighted by Crippen LogP contribution is -2.72. The van der Waals surface area contributed by atoms with Gasteiger partial charge in [-0.2, -0.15) is 0 Å². The van der Waals surface area contributed by atoms with Crippen molar-refractivity contribution in [1.82, 2.24) is 0 Å². The lowest BCUT2D eigenvalue weighted by Gasteiger charge is -2.63. The van der Waals surface area contributed by atoms with E-state index in [1.807, 2.05) is 0 Å². The molecule has 0 unspecified atom stereocenters. The molecule has 2 aromatic rings. The van der Waals surface area contributed by atoms with Crippen LogP contribution in [0.5, 0.6) is 0 Å². The average Bonchev–Trinajstić information content (AvgIpc) is 3.05. The Bertz CT molecular complexity index is 1330. The summed E-state index contributed by atoms with van der Waals surface area (Å²) in [6.07, 6.45) is 4.01. The number of fused-ring (bicyclic) bond motifs is 1. The highest BCUT2D eigenvalue weighted by Crippen LogP contribution is 2.79. The van der Waals surface area contributed by atoms with Gasteiger partial charge in [0.15, 0.2) is 11.6 Å². The molecule has 2 fully saturated rings. The third-order valence-corrected chi connectivity index (χ3v) is 8.43. The molecule has 1 spiro atoms. The van der Waals surface area contributed by atoms with Gasteiger partial charge < -0.3 is 9.84 Å². The number of ketones is 2. The fraction of sp³-hybridized carbons (Fsp3) is 0.310. The number of ether oxygens (including phenoxy) is 1. The number of hydrogen-bond acceptors (Lipinski definition) is 6. The lowest BCUT2D eigenvalue weighted by atomic mass is 9.39. The number of benzene rings is 2. The predicted octanol–water partition coefficient (Wildman–Crippen LogP) is 4.78. The van der Waals surface area contributed by atoms with Crippen molar-refractivity contribution in [1.29, 1.82) is 0 Å². The summed E-state index contributed by atoms with van der Waals surface area (Å²) in [5.74, 6) is -1.62. The zero-order valence-corrected chi connectivity index (χ0v) is 20.0. The van der Waals surface area contributed by atoms with Crippen LogP contribution < -0.4 is 0 Å². The third-order valence-electron chi connectivity index (χ3n) is 8.43. The summed E-state index contributed by atoms with van der Waals surface area (Å²) in [5.41, 5.74) is -3.32. The minimum atomic E-state index is -1.85. The normalized spacial score (nSPS) is 32.5. The molecule has 184 valence electrons. The molecule has 0 aromatic heterocycles. The number of non-ortho nitro benzene ring substituents is 1. The van der Waals surface area contributed by atoms with Crippen molar-refractivity contribution in [2.45, 2.75) is 30.8 Å². The van der Waals surface area contributed by atoms with Crippen molar-refractivity contribution in [3.05, 3.63) is 112 Å². The van der Waals surface area contributed by atoms with Gasteiger partial charge in [-0.25, -0.2) is 0 Å². The first-order valence-corrected chi connectivity index (χ1v) is 11.9. The Kier molecular flexibility index (Phi) is 5.37. The molecule has 5 atom stereocenters. The Balaban J connectivity index is 1.80. The SMILES string of the molecule is C=CCC1=C(OC)[C@@]2(CC=C)C[C@@H]3[C@@H](c4ccc([N+](=O)[O-])cc4)[C@](O)(c4ccccc4)[C@]3(C1=O)C2=O. The van der Waals surface area contributed by atoms with Gasteiger partial charge in [-0.15, -0.1) is 13.2 Å². The Morgan fingerprint density at radius 2 is 1.78 bits per heavy atom. The smallest absolute Gasteiger partial charge is 0.269 e. The lowest BCUT2D eigenvalue weighted by molar-refractivity contribution is -0.384. The van der Waals surface area contributed by atoms with Gasteiger partial charge >= 0.3 is 0 Å². The van der Waals surface area contributed by atoms with Gasteiger partial charge in [-0.05, 0) is 36.3 Å². The average molecular weight is 486 g/mol. The van der Waals surface area contributed by atoms with Crippen LogP contribution >= 0.6 is 0 Å². The number of nitro groups is 1. The van der Waals surface area contributed by atoms with Crippen LogP contribution in [0.15, 0.2) is 91.2 Å². The Morgan fingerprint density at radius 1 is 1.11 bits per heavy atom. The van der Waals surface area contributed by atoms with Gasteiger partial charge in [0.05, 0.1) is 17.4 Å². The first-order valence-electron chi connectivity index (χ1n) is 11.9. The standard InChI is InChI=1S/C29H27NO6/c1-4-9-21-24(31)28-22(17-27(16-5-2,26(28)32)25(21)36-3)23(18-12-14-20(15-13-18)30(34)35)29(28,33)19-10-7-6-8-11-19/h4-8,10-15,22-23,33H,1-2,9,16-17H2,3H3/t22-,23-,27-,28-,29-/m1/s1. The molecule has 0 saturated heterocycles. The van der Waals surface area contributed by atoms with Crippen molar-refractivity contribution in [2.24, 2.45) is 16.7 Å². The quantitative estimate of drug-likeness (QED) is 0.250. The number of Topliss-reactive ketones (excluding diaryl/α,β-unsaturated/α-hetero) is 2. The summed E-state index contributed by atoms with van der Waals surface area (Å²) in [6, 6.07) is 14.8. The monoisotopic (exact) mass is 485 g/mol. The molecular formula is C29H27NO6. The number of carbonyl (C=O) groups excluding carboxylic acids is 2. The number of nitro benzene ring substituents is 1. The van der Waals surface area contributed by atoms with E-state index in [9.17, 15) is 24.8 Å². The van der Waals surface area contributed by atoms with Crippen molar-refractivity contribution in [3.63, 3.8) is 0 Å². The predicted molar refractivity (Wildman–Crippen MR) is 133 cm³/mol. The van der Waals surface area contributed by atoms with E-state index < -0.39 is 39.0 Å². The maximum atomic E-state index is 14.5. The van der Waals surface area contributed by atoms with Crippen LogP contribution in [0.25, 0.3) is 0 Å². The second kappa shape index (κ2) is 8.10. The molecule has 0 heterocycles. The van der Waals surface area contributed by atoms with E-state index in [4.69, 9.17) is 4.74 Å². The number of rotatable bonds is 8. The maximum Gasteiger partial charge on any atom is 0.269 e. The Hall–Kier alpha value is -3.84. The highest BCUT2D eigenvalue weighted by molar-refractivity contribution is 6.24. The molecule has 1 N–H and O–H groups in total. The molecule has 5 rings (SSSR count). The van der Waals surface area contributed by atoms with E-state index in [2.05, 4.69) is 13.2 Å². The van der Waals surface area contributed by atoms with Crippen LogP contribution in [-0.4, -0.2) is 28.7 Å². The highest BCUT2D eigenvalue weighted by atomic mass is 16.6. The van der Waals surface area contributed by atoms with Crippen LogP contribution in [0.2, 0.25) is 0 Å². The number of aliphatic hydroxyl groups is 1. The van der Waals surface area contributed by atoms with E-state index in [0.717, 1.165) is 0 Å². The molecule has 2 bridgehead atoms. The molecule has 7 nitrogen and oxygen atoms in total. The van der Waals surface area contributed by atoms with E-state index in [1.54, 1.807) is 54.6 Å². The molecular weight excluding hydrogens is 458 g/mol. The topological polar surface area (TPSA) is 107 Å². The van der Waals surface area contributed by atoms with E-state index >= 15 is 0 Å². The number of nitrogens with zero attached hydrogens (tertiary/aromatic N) is 1. The summed E-state index contributed by atoms with van der Waals surface area (Å²) >= 11 is 0. The van der Waals surface area contributed by atoms with Crippen LogP contribution in [-0.2, 0) is 19.9 Å². The third kappa shape index (κ3) is 2.61. The van der Waals surface area contributed by atoms with Crippen molar-refractivity contribution >= 4 is 17.3 Å². The minimum absolute atomic E-state index is 0.0758. The summed E-state index contributed by atoms with van der Waals surface area (Å²) in [5, 5.41) is 23.9. The number of hydrogen-bond donors (Lipinski definition) is 1. The molecule has 2 saturated carbocycles. The van der Waals surface area contributed by atoms with Crippen LogP contribution in [0.4, 0.5) is 5.69 Å². The Labute approximate surface area is 208 Å². The van der Waals surface area contributed by atoms with Crippen LogP contribution in [0.1, 0.15) is 36.3 Å². The first-order chi connectivity index (χ1) is 17.2. The number of allylic oxidation sites excluding steroid dienone is 4. The molecule has 0 aliphatic heterocycles. The number of carbonyl (C=O) groups is 2. The second-order valence-electron chi connectivity index (χ2n) is 9.82. The van der Waals surface area contributed by atoms with Gasteiger partial charge in [-0.1, -0.05) is 54.6 Å². The minimum Gasteiger partial charge on any atom is -0.500 e. The molecule has 7 heteroatoms. The maximum absolute atomic E-state index is 14.5. The Morgan fingerprint density at radius 3 is 2.33 bits per heavy atom. The van der Waals surface area contributed by atoms with E-state index in [0.29, 0.717) is 28.9 Å². The molecule has 2 aromatic carbocycles. The molecule has 3 aliphatic carbocycles. The molecule has 0 radical (unpaired) electrons. The van der Waals surface area contributed by atoms with Crippen LogP contribution in [0.3, 0.4) is 0 Å². The summed E-state index contributed by atoms with van der Waals surface area (Å²) in [7, 11) is 1.46. The molecule has 3 aliphatic rings. The van der Waals surface area contributed by atoms with Gasteiger partial charge in [0, 0.05) is 23.6 Å². The zero-order chi connectivity index (χ0) is 25.9. The highest BCUT2D eigenvalue weighted by Gasteiger charge is 2.87. The van der Waals surface area contributed by atoms with E-state index in [1.165, 1.54) is 19.2 Å². The van der Waals surface area contributed by atoms with Gasteiger partial charge in [-0.3, -0.25) is 19.7 Å². The summed E-state index contributed by atoms with van der Waals surface area (Å²) in [4.78, 5) is 39.5. The van der Waals surface area contributed by atoms with Crippen molar-refractivity contribution < 1.29 is 24.4 Å². The fourth-order valence-corrected chi connectivity index (χ4v) is 7.24. The van der Waals surface area contributed by atoms with Crippen molar-refractivity contribution in [3.8, 4) is 0 Å². The first kappa shape index (κ1) is 23.9. The zero-order valence-electron chi connectivity index (χ0n) is 20.0. The van der Waals surface area contributed by atoms with Gasteiger partial charge in [0.1, 0.15) is 16.8 Å². The summed E-state index contributed by atoms with van der Waals surface area (Å²) < 4.78 is 5.75.